The second kappa shape index (κ2) is 11.1. The minimum absolute atomic E-state index is 0.127. The molecule has 0 aliphatic rings. The summed E-state index contributed by atoms with van der Waals surface area (Å²) in [6.07, 6.45) is -2.99. The highest BCUT2D eigenvalue weighted by Gasteiger charge is 2.31. The van der Waals surface area contributed by atoms with Gasteiger partial charge >= 0.3 is 6.18 Å². The zero-order chi connectivity index (χ0) is 27.4. The molecule has 4 rings (SSSR count). The van der Waals surface area contributed by atoms with Crippen molar-refractivity contribution in [2.45, 2.75) is 6.18 Å². The Balaban J connectivity index is 1.47. The van der Waals surface area contributed by atoms with Crippen molar-refractivity contribution in [1.29, 1.82) is 0 Å². The summed E-state index contributed by atoms with van der Waals surface area (Å²) in [6, 6.07) is 13.9. The number of rotatable bonds is 6. The average molecular weight is 562 g/mol. The summed E-state index contributed by atoms with van der Waals surface area (Å²) < 4.78 is 55.5. The Morgan fingerprint density at radius 2 is 1.68 bits per heavy atom. The molecule has 0 radical (unpaired) electrons. The van der Waals surface area contributed by atoms with Gasteiger partial charge in [-0.25, -0.2) is 0 Å². The van der Waals surface area contributed by atoms with Crippen LogP contribution in [0.15, 0.2) is 66.9 Å². The van der Waals surface area contributed by atoms with Crippen LogP contribution in [0.1, 0.15) is 15.9 Å². The number of nitrogens with zero attached hydrogens (tertiary/aromatic N) is 1. The number of thiocarbonyl (C=S) groups is 1. The summed E-state index contributed by atoms with van der Waals surface area (Å²) in [5.74, 6) is 1.04. The Morgan fingerprint density at radius 3 is 2.37 bits per heavy atom. The van der Waals surface area contributed by atoms with Crippen molar-refractivity contribution in [3.63, 3.8) is 0 Å². The van der Waals surface area contributed by atoms with E-state index in [0.717, 1.165) is 18.2 Å². The van der Waals surface area contributed by atoms with Crippen molar-refractivity contribution < 1.29 is 32.2 Å². The Morgan fingerprint density at radius 1 is 0.947 bits per heavy atom. The first-order chi connectivity index (χ1) is 18.1. The third-order valence-corrected chi connectivity index (χ3v) is 5.80. The molecule has 1 heterocycles. The predicted octanol–water partition coefficient (Wildman–Crippen LogP) is 6.84. The van der Waals surface area contributed by atoms with Gasteiger partial charge in [-0.15, -0.1) is 0 Å². The van der Waals surface area contributed by atoms with E-state index in [1.54, 1.807) is 36.5 Å². The van der Waals surface area contributed by atoms with E-state index in [2.05, 4.69) is 15.6 Å². The molecule has 0 bridgehead atoms. The van der Waals surface area contributed by atoms with Gasteiger partial charge in [-0.05, 0) is 60.7 Å². The van der Waals surface area contributed by atoms with Crippen molar-refractivity contribution in [2.24, 2.45) is 0 Å². The zero-order valence-corrected chi connectivity index (χ0v) is 21.4. The lowest BCUT2D eigenvalue weighted by atomic mass is 10.1. The number of aromatic nitrogens is 1. The van der Waals surface area contributed by atoms with Crippen LogP contribution in [0.25, 0.3) is 10.9 Å². The van der Waals surface area contributed by atoms with Gasteiger partial charge in [-0.3, -0.25) is 15.1 Å². The maximum atomic E-state index is 12.9. The molecule has 0 unspecified atom stereocenters. The van der Waals surface area contributed by atoms with Crippen molar-refractivity contribution >= 4 is 51.4 Å². The number of hydrogen-bond acceptors (Lipinski definition) is 6. The summed E-state index contributed by atoms with van der Waals surface area (Å²) in [5, 5.41) is 5.89. The highest BCUT2D eigenvalue weighted by molar-refractivity contribution is 7.80. The molecule has 4 aromatic rings. The van der Waals surface area contributed by atoms with Crippen molar-refractivity contribution in [2.75, 3.05) is 19.5 Å². The Bertz CT molecular complexity index is 1530. The summed E-state index contributed by atoms with van der Waals surface area (Å²) in [7, 11) is 3.05. The van der Waals surface area contributed by atoms with E-state index in [0.29, 0.717) is 39.6 Å². The number of benzene rings is 3. The Kier molecular flexibility index (Phi) is 7.88. The van der Waals surface area contributed by atoms with Crippen LogP contribution in [0, 0.1) is 0 Å². The SMILES string of the molecule is COc1cc2nccc(Oc3ccc(NC(=S)NC(=O)c4cccc(C(F)(F)F)c4)cc3Cl)c2cc1OC. The number of methoxy groups -OCH3 is 2. The number of alkyl halides is 3. The standard InChI is InChI=1S/C26H19ClF3N3O4S/c1-35-22-12-17-19(13-23(22)36-2)31-9-8-20(17)37-21-7-6-16(11-18(21)27)32-25(38)33-24(34)14-4-3-5-15(10-14)26(28,29)30/h3-13H,1-2H3,(H2,32,33,34,38). The monoisotopic (exact) mass is 561 g/mol. The number of amides is 1. The topological polar surface area (TPSA) is 81.7 Å². The molecule has 1 amide bonds. The molecule has 196 valence electrons. The lowest BCUT2D eigenvalue weighted by molar-refractivity contribution is -0.137. The molecular formula is C26H19ClF3N3O4S. The molecule has 0 saturated heterocycles. The molecule has 0 aliphatic heterocycles. The molecule has 0 atom stereocenters. The van der Waals surface area contributed by atoms with Gasteiger partial charge in [0.2, 0.25) is 0 Å². The number of halogens is 4. The highest BCUT2D eigenvalue weighted by atomic mass is 35.5. The van der Waals surface area contributed by atoms with Gasteiger partial charge in [0.15, 0.2) is 16.6 Å². The summed E-state index contributed by atoms with van der Waals surface area (Å²) in [6.45, 7) is 0. The molecular weight excluding hydrogens is 543 g/mol. The molecule has 3 aromatic carbocycles. The van der Waals surface area contributed by atoms with Crippen LogP contribution in [-0.2, 0) is 6.18 Å². The number of ether oxygens (including phenoxy) is 3. The number of hydrogen-bond donors (Lipinski definition) is 2. The van der Waals surface area contributed by atoms with Crippen LogP contribution >= 0.6 is 23.8 Å². The van der Waals surface area contributed by atoms with E-state index in [-0.39, 0.29) is 15.7 Å². The lowest BCUT2D eigenvalue weighted by Gasteiger charge is -2.14. The van der Waals surface area contributed by atoms with Gasteiger partial charge in [-0.2, -0.15) is 13.2 Å². The van der Waals surface area contributed by atoms with Crippen LogP contribution in [0.3, 0.4) is 0 Å². The number of nitrogens with one attached hydrogen (secondary N) is 2. The second-order valence-electron chi connectivity index (χ2n) is 7.77. The van der Waals surface area contributed by atoms with Crippen LogP contribution in [0.4, 0.5) is 18.9 Å². The number of carbonyl (C=O) groups excluding carboxylic acids is 1. The third kappa shape index (κ3) is 6.06. The van der Waals surface area contributed by atoms with Gasteiger partial charge in [-0.1, -0.05) is 17.7 Å². The highest BCUT2D eigenvalue weighted by Crippen LogP contribution is 2.39. The fourth-order valence-corrected chi connectivity index (χ4v) is 3.92. The average Bonchev–Trinajstić information content (AvgIpc) is 2.89. The molecule has 0 aliphatic carbocycles. The molecule has 2 N–H and O–H groups in total. The number of pyridine rings is 1. The molecule has 12 heteroatoms. The first-order valence-electron chi connectivity index (χ1n) is 10.9. The second-order valence-corrected chi connectivity index (χ2v) is 8.58. The fourth-order valence-electron chi connectivity index (χ4n) is 3.49. The van der Waals surface area contributed by atoms with E-state index in [1.165, 1.54) is 26.4 Å². The maximum absolute atomic E-state index is 12.9. The predicted molar refractivity (Wildman–Crippen MR) is 142 cm³/mol. The smallest absolute Gasteiger partial charge is 0.416 e. The molecule has 0 fully saturated rings. The first-order valence-corrected chi connectivity index (χ1v) is 11.7. The minimum Gasteiger partial charge on any atom is -0.493 e. The van der Waals surface area contributed by atoms with E-state index >= 15 is 0 Å². The van der Waals surface area contributed by atoms with Crippen molar-refractivity contribution in [3.8, 4) is 23.0 Å². The quantitative estimate of drug-likeness (QED) is 0.249. The van der Waals surface area contributed by atoms with Crippen LogP contribution in [-0.4, -0.2) is 30.2 Å². The molecule has 7 nitrogen and oxygen atoms in total. The molecule has 0 saturated carbocycles. The number of fused-ring (bicyclic) bond motifs is 1. The van der Waals surface area contributed by atoms with Crippen LogP contribution in [0.2, 0.25) is 5.02 Å². The summed E-state index contributed by atoms with van der Waals surface area (Å²) in [5.41, 5.74) is -0.0883. The van der Waals surface area contributed by atoms with Gasteiger partial charge < -0.3 is 19.5 Å². The number of anilines is 1. The number of carbonyl (C=O) groups is 1. The van der Waals surface area contributed by atoms with Crippen LogP contribution in [0.5, 0.6) is 23.0 Å². The maximum Gasteiger partial charge on any atom is 0.416 e. The van der Waals surface area contributed by atoms with E-state index in [1.807, 2.05) is 0 Å². The third-order valence-electron chi connectivity index (χ3n) is 5.30. The van der Waals surface area contributed by atoms with E-state index in [9.17, 15) is 18.0 Å². The molecule has 1 aromatic heterocycles. The summed E-state index contributed by atoms with van der Waals surface area (Å²) in [4.78, 5) is 16.7. The van der Waals surface area contributed by atoms with Crippen LogP contribution < -0.4 is 24.8 Å². The van der Waals surface area contributed by atoms with E-state index in [4.69, 9.17) is 38.0 Å². The van der Waals surface area contributed by atoms with Gasteiger partial charge in [0, 0.05) is 28.9 Å². The van der Waals surface area contributed by atoms with Crippen molar-refractivity contribution in [3.05, 3.63) is 83.0 Å². The fraction of sp³-hybridized carbons (Fsp3) is 0.115. The zero-order valence-electron chi connectivity index (χ0n) is 19.9. The molecule has 0 spiro atoms. The van der Waals surface area contributed by atoms with E-state index < -0.39 is 17.6 Å². The normalized spacial score (nSPS) is 11.1. The van der Waals surface area contributed by atoms with Gasteiger partial charge in [0.1, 0.15) is 11.5 Å². The lowest BCUT2D eigenvalue weighted by Crippen LogP contribution is -2.34. The minimum atomic E-state index is -4.57. The molecule has 38 heavy (non-hydrogen) atoms. The van der Waals surface area contributed by atoms with Gasteiger partial charge in [0.05, 0.1) is 30.3 Å². The first kappa shape index (κ1) is 27.0. The summed E-state index contributed by atoms with van der Waals surface area (Å²) >= 11 is 11.5. The Hall–Kier alpha value is -4.09. The largest absolute Gasteiger partial charge is 0.493 e. The van der Waals surface area contributed by atoms with Gasteiger partial charge in [0.25, 0.3) is 5.91 Å². The van der Waals surface area contributed by atoms with Crippen molar-refractivity contribution in [1.82, 2.24) is 10.3 Å². The Labute approximate surface area is 225 Å².